The fraction of sp³-hybridized carbons (Fsp3) is 0.500. The molecule has 1 aromatic carbocycles. The minimum Gasteiger partial charge on any atom is -0.367 e. The van der Waals surface area contributed by atoms with Gasteiger partial charge >= 0.3 is 0 Å². The number of rotatable bonds is 5. The predicted octanol–water partition coefficient (Wildman–Crippen LogP) is 4.56. The van der Waals surface area contributed by atoms with Gasteiger partial charge in [-0.05, 0) is 25.7 Å². The van der Waals surface area contributed by atoms with E-state index in [0.717, 1.165) is 37.1 Å². The van der Waals surface area contributed by atoms with E-state index in [9.17, 15) is 4.79 Å². The summed E-state index contributed by atoms with van der Waals surface area (Å²) in [7, 11) is 0. The van der Waals surface area contributed by atoms with Gasteiger partial charge in [-0.15, -0.1) is 0 Å². The molecule has 0 spiro atoms. The second-order valence-electron chi connectivity index (χ2n) is 7.76. The Morgan fingerprint density at radius 1 is 0.852 bits per heavy atom. The number of aromatic nitrogens is 2. The number of nitrogens with zero attached hydrogens (tertiary/aromatic N) is 2. The maximum absolute atomic E-state index is 12.8. The van der Waals surface area contributed by atoms with Crippen LogP contribution < -0.4 is 10.6 Å². The lowest BCUT2D eigenvalue weighted by Crippen LogP contribution is -2.33. The van der Waals surface area contributed by atoms with E-state index >= 15 is 0 Å². The van der Waals surface area contributed by atoms with Crippen molar-refractivity contribution in [2.45, 2.75) is 69.9 Å². The Hall–Kier alpha value is -2.43. The van der Waals surface area contributed by atoms with Crippen molar-refractivity contribution in [1.29, 1.82) is 0 Å². The summed E-state index contributed by atoms with van der Waals surface area (Å²) in [6, 6.07) is 12.4. The number of carbonyl (C=O) groups is 1. The van der Waals surface area contributed by atoms with Crippen LogP contribution in [0, 0.1) is 0 Å². The SMILES string of the molecule is O=C(NC1CCCC1)c1cc(NC2CCCCC2)nc(-c2ccccc2)n1. The van der Waals surface area contributed by atoms with E-state index in [4.69, 9.17) is 4.98 Å². The molecular weight excluding hydrogens is 336 g/mol. The number of hydrogen-bond donors (Lipinski definition) is 2. The van der Waals surface area contributed by atoms with Gasteiger partial charge in [-0.1, -0.05) is 62.4 Å². The summed E-state index contributed by atoms with van der Waals surface area (Å²) in [5, 5.41) is 6.70. The molecule has 1 amide bonds. The molecule has 1 aromatic heterocycles. The lowest BCUT2D eigenvalue weighted by atomic mass is 9.95. The molecule has 2 fully saturated rings. The normalized spacial score (nSPS) is 18.4. The first kappa shape index (κ1) is 18.0. The topological polar surface area (TPSA) is 66.9 Å². The van der Waals surface area contributed by atoms with Crippen molar-refractivity contribution in [3.05, 3.63) is 42.1 Å². The summed E-state index contributed by atoms with van der Waals surface area (Å²) in [6.07, 6.45) is 10.7. The molecule has 142 valence electrons. The zero-order valence-electron chi connectivity index (χ0n) is 15.8. The average Bonchev–Trinajstić information content (AvgIpc) is 3.22. The fourth-order valence-electron chi connectivity index (χ4n) is 4.14. The summed E-state index contributed by atoms with van der Waals surface area (Å²) in [6.45, 7) is 0. The molecule has 2 aliphatic carbocycles. The maximum Gasteiger partial charge on any atom is 0.270 e. The Balaban J connectivity index is 1.60. The smallest absolute Gasteiger partial charge is 0.270 e. The summed E-state index contributed by atoms with van der Waals surface area (Å²) >= 11 is 0. The third-order valence-corrected chi connectivity index (χ3v) is 5.64. The number of hydrogen-bond acceptors (Lipinski definition) is 4. The van der Waals surface area contributed by atoms with Crippen molar-refractivity contribution >= 4 is 11.7 Å². The summed E-state index contributed by atoms with van der Waals surface area (Å²) in [4.78, 5) is 22.1. The van der Waals surface area contributed by atoms with Gasteiger partial charge in [-0.25, -0.2) is 9.97 Å². The zero-order valence-corrected chi connectivity index (χ0v) is 15.8. The van der Waals surface area contributed by atoms with E-state index in [1.807, 2.05) is 36.4 Å². The average molecular weight is 364 g/mol. The van der Waals surface area contributed by atoms with E-state index in [1.165, 1.54) is 32.1 Å². The standard InChI is InChI=1S/C22H28N4O/c27-22(24-18-13-7-8-14-18)19-15-20(23-17-11-5-2-6-12-17)26-21(25-19)16-9-3-1-4-10-16/h1,3-4,9-10,15,17-18H,2,5-8,11-14H2,(H,24,27)(H,23,25,26). The molecule has 1 heterocycles. The van der Waals surface area contributed by atoms with Crippen molar-refractivity contribution in [3.8, 4) is 11.4 Å². The quantitative estimate of drug-likeness (QED) is 0.816. The van der Waals surface area contributed by atoms with Crippen LogP contribution in [0.15, 0.2) is 36.4 Å². The van der Waals surface area contributed by atoms with Crippen molar-refractivity contribution in [3.63, 3.8) is 0 Å². The Kier molecular flexibility index (Phi) is 5.66. The molecule has 0 bridgehead atoms. The maximum atomic E-state index is 12.8. The number of amides is 1. The van der Waals surface area contributed by atoms with Gasteiger partial charge in [0.15, 0.2) is 5.82 Å². The van der Waals surface area contributed by atoms with E-state index in [2.05, 4.69) is 15.6 Å². The number of anilines is 1. The van der Waals surface area contributed by atoms with E-state index < -0.39 is 0 Å². The summed E-state index contributed by atoms with van der Waals surface area (Å²) < 4.78 is 0. The summed E-state index contributed by atoms with van der Waals surface area (Å²) in [5.74, 6) is 1.27. The largest absolute Gasteiger partial charge is 0.367 e. The van der Waals surface area contributed by atoms with E-state index in [0.29, 0.717) is 17.6 Å². The van der Waals surface area contributed by atoms with Crippen LogP contribution in [-0.2, 0) is 0 Å². The molecule has 4 rings (SSSR count). The third kappa shape index (κ3) is 4.65. The molecule has 0 radical (unpaired) electrons. The number of nitrogens with one attached hydrogen (secondary N) is 2. The Labute approximate surface area is 161 Å². The van der Waals surface area contributed by atoms with Crippen molar-refractivity contribution < 1.29 is 4.79 Å². The summed E-state index contributed by atoms with van der Waals surface area (Å²) in [5.41, 5.74) is 1.38. The Bertz CT molecular complexity index is 765. The van der Waals surface area contributed by atoms with Gasteiger partial charge in [0.1, 0.15) is 11.5 Å². The lowest BCUT2D eigenvalue weighted by molar-refractivity contribution is 0.0933. The molecular formula is C22H28N4O. The van der Waals surface area contributed by atoms with Gasteiger partial charge in [0.25, 0.3) is 5.91 Å². The highest BCUT2D eigenvalue weighted by Gasteiger charge is 2.21. The first-order valence-electron chi connectivity index (χ1n) is 10.3. The van der Waals surface area contributed by atoms with E-state index in [1.54, 1.807) is 0 Å². The van der Waals surface area contributed by atoms with Gasteiger partial charge in [0.2, 0.25) is 0 Å². The van der Waals surface area contributed by atoms with Crippen LogP contribution >= 0.6 is 0 Å². The second-order valence-corrected chi connectivity index (χ2v) is 7.76. The van der Waals surface area contributed by atoms with Gasteiger partial charge < -0.3 is 10.6 Å². The van der Waals surface area contributed by atoms with Crippen LogP contribution in [-0.4, -0.2) is 28.0 Å². The van der Waals surface area contributed by atoms with Crippen LogP contribution in [0.3, 0.4) is 0 Å². The van der Waals surface area contributed by atoms with Crippen molar-refractivity contribution in [1.82, 2.24) is 15.3 Å². The molecule has 2 aromatic rings. The lowest BCUT2D eigenvalue weighted by Gasteiger charge is -2.23. The highest BCUT2D eigenvalue weighted by Crippen LogP contribution is 2.24. The molecule has 2 N–H and O–H groups in total. The molecule has 5 nitrogen and oxygen atoms in total. The van der Waals surface area contributed by atoms with Crippen LogP contribution in [0.5, 0.6) is 0 Å². The highest BCUT2D eigenvalue weighted by molar-refractivity contribution is 5.93. The van der Waals surface area contributed by atoms with Crippen molar-refractivity contribution in [2.24, 2.45) is 0 Å². The zero-order chi connectivity index (χ0) is 18.5. The van der Waals surface area contributed by atoms with Crippen molar-refractivity contribution in [2.75, 3.05) is 5.32 Å². The number of benzene rings is 1. The van der Waals surface area contributed by atoms with Crippen LogP contribution in [0.1, 0.15) is 68.3 Å². The minimum atomic E-state index is -0.0897. The molecule has 0 saturated heterocycles. The number of carbonyl (C=O) groups excluding carboxylic acids is 1. The van der Waals surface area contributed by atoms with Gasteiger partial charge in [-0.2, -0.15) is 0 Å². The Morgan fingerprint density at radius 3 is 2.26 bits per heavy atom. The second kappa shape index (κ2) is 8.51. The first-order chi connectivity index (χ1) is 13.3. The highest BCUT2D eigenvalue weighted by atomic mass is 16.1. The predicted molar refractivity (Wildman–Crippen MR) is 108 cm³/mol. The minimum absolute atomic E-state index is 0.0897. The molecule has 2 aliphatic rings. The van der Waals surface area contributed by atoms with Crippen LogP contribution in [0.25, 0.3) is 11.4 Å². The first-order valence-corrected chi connectivity index (χ1v) is 10.3. The molecule has 0 atom stereocenters. The molecule has 27 heavy (non-hydrogen) atoms. The molecule has 5 heteroatoms. The van der Waals surface area contributed by atoms with Gasteiger partial charge in [-0.3, -0.25) is 4.79 Å². The molecule has 2 saturated carbocycles. The molecule has 0 unspecified atom stereocenters. The van der Waals surface area contributed by atoms with E-state index in [-0.39, 0.29) is 11.9 Å². The Morgan fingerprint density at radius 2 is 1.52 bits per heavy atom. The monoisotopic (exact) mass is 364 g/mol. The third-order valence-electron chi connectivity index (χ3n) is 5.64. The van der Waals surface area contributed by atoms with Gasteiger partial charge in [0.05, 0.1) is 0 Å². The fourth-order valence-corrected chi connectivity index (χ4v) is 4.14. The van der Waals surface area contributed by atoms with Crippen LogP contribution in [0.4, 0.5) is 5.82 Å². The molecule has 0 aliphatic heterocycles. The van der Waals surface area contributed by atoms with Crippen LogP contribution in [0.2, 0.25) is 0 Å². The van der Waals surface area contributed by atoms with Gasteiger partial charge in [0, 0.05) is 23.7 Å².